The Hall–Kier alpha value is -0.960. The molecule has 0 bridgehead atoms. The van der Waals surface area contributed by atoms with Crippen LogP contribution in [0.3, 0.4) is 0 Å². The van der Waals surface area contributed by atoms with Crippen molar-refractivity contribution in [3.8, 4) is 5.75 Å². The summed E-state index contributed by atoms with van der Waals surface area (Å²) >= 11 is 0. The molecule has 122 valence electrons. The van der Waals surface area contributed by atoms with Crippen LogP contribution >= 0.6 is 12.4 Å². The van der Waals surface area contributed by atoms with Crippen LogP contribution < -0.4 is 15.2 Å². The number of halogens is 3. The standard InChI is InChI=1S/C12H18F2N2O3S.ClH/c1-12(2,15)8-16-20(17,18)10-5-3-9(4-6-10)19-7-11(13)14;/h3-6,11,16H,7-8,15H2,1-2H3;1H. The van der Waals surface area contributed by atoms with Crippen molar-refractivity contribution in [3.63, 3.8) is 0 Å². The highest BCUT2D eigenvalue weighted by atomic mass is 35.5. The lowest BCUT2D eigenvalue weighted by molar-refractivity contribution is 0.0819. The van der Waals surface area contributed by atoms with Crippen molar-refractivity contribution in [2.24, 2.45) is 5.73 Å². The van der Waals surface area contributed by atoms with E-state index in [4.69, 9.17) is 10.5 Å². The predicted molar refractivity (Wildman–Crippen MR) is 78.6 cm³/mol. The molecular weight excluding hydrogens is 326 g/mol. The molecule has 3 N–H and O–H groups in total. The van der Waals surface area contributed by atoms with E-state index in [1.807, 2.05) is 0 Å². The van der Waals surface area contributed by atoms with Crippen molar-refractivity contribution in [2.75, 3.05) is 13.2 Å². The van der Waals surface area contributed by atoms with Gasteiger partial charge in [0.1, 0.15) is 12.4 Å². The van der Waals surface area contributed by atoms with Crippen LogP contribution in [0, 0.1) is 0 Å². The second kappa shape index (κ2) is 7.88. The third-order valence-electron chi connectivity index (χ3n) is 2.23. The fourth-order valence-electron chi connectivity index (χ4n) is 1.24. The lowest BCUT2D eigenvalue weighted by atomic mass is 10.1. The summed E-state index contributed by atoms with van der Waals surface area (Å²) in [5.41, 5.74) is 5.02. The quantitative estimate of drug-likeness (QED) is 0.789. The number of nitrogens with two attached hydrogens (primary N) is 1. The van der Waals surface area contributed by atoms with E-state index in [9.17, 15) is 17.2 Å². The molecule has 1 aromatic carbocycles. The molecule has 0 aliphatic heterocycles. The maximum absolute atomic E-state index is 12.0. The van der Waals surface area contributed by atoms with Crippen LogP contribution in [-0.2, 0) is 10.0 Å². The van der Waals surface area contributed by atoms with Crippen molar-refractivity contribution in [1.29, 1.82) is 0 Å². The Labute approximate surface area is 129 Å². The van der Waals surface area contributed by atoms with Crippen molar-refractivity contribution < 1.29 is 21.9 Å². The maximum atomic E-state index is 12.0. The maximum Gasteiger partial charge on any atom is 0.272 e. The molecule has 0 amide bonds. The predicted octanol–water partition coefficient (Wildman–Crippen LogP) is 1.77. The molecule has 0 aliphatic carbocycles. The Morgan fingerprint density at radius 2 is 1.81 bits per heavy atom. The first-order valence-corrected chi connectivity index (χ1v) is 7.38. The van der Waals surface area contributed by atoms with Crippen molar-refractivity contribution in [2.45, 2.75) is 30.7 Å². The van der Waals surface area contributed by atoms with Gasteiger partial charge in [-0.25, -0.2) is 21.9 Å². The molecule has 0 unspecified atom stereocenters. The van der Waals surface area contributed by atoms with Crippen LogP contribution in [0.4, 0.5) is 8.78 Å². The van der Waals surface area contributed by atoms with Gasteiger partial charge in [0.25, 0.3) is 6.43 Å². The topological polar surface area (TPSA) is 81.4 Å². The van der Waals surface area contributed by atoms with Crippen molar-refractivity contribution in [3.05, 3.63) is 24.3 Å². The molecule has 21 heavy (non-hydrogen) atoms. The summed E-state index contributed by atoms with van der Waals surface area (Å²) in [6.07, 6.45) is -2.58. The summed E-state index contributed by atoms with van der Waals surface area (Å²) in [7, 11) is -3.68. The van der Waals surface area contributed by atoms with Crippen LogP contribution in [0.1, 0.15) is 13.8 Å². The Balaban J connectivity index is 0.00000400. The first-order chi connectivity index (χ1) is 9.10. The Morgan fingerprint density at radius 3 is 2.24 bits per heavy atom. The first-order valence-electron chi connectivity index (χ1n) is 5.90. The number of rotatable bonds is 7. The molecule has 0 atom stereocenters. The van der Waals surface area contributed by atoms with E-state index in [1.165, 1.54) is 24.3 Å². The number of sulfonamides is 1. The van der Waals surface area contributed by atoms with Gasteiger partial charge < -0.3 is 10.5 Å². The molecule has 1 aromatic rings. The van der Waals surface area contributed by atoms with E-state index >= 15 is 0 Å². The van der Waals surface area contributed by atoms with Crippen LogP contribution in [0.15, 0.2) is 29.2 Å². The highest BCUT2D eigenvalue weighted by Gasteiger charge is 2.18. The Kier molecular flexibility index (Phi) is 7.52. The number of ether oxygens (including phenoxy) is 1. The van der Waals surface area contributed by atoms with Gasteiger partial charge in [0.2, 0.25) is 10.0 Å². The molecule has 0 spiro atoms. The summed E-state index contributed by atoms with van der Waals surface area (Å²) < 4.78 is 54.9. The van der Waals surface area contributed by atoms with Crippen LogP contribution in [0.25, 0.3) is 0 Å². The fraction of sp³-hybridized carbons (Fsp3) is 0.500. The number of hydrogen-bond acceptors (Lipinski definition) is 4. The third-order valence-corrected chi connectivity index (χ3v) is 3.64. The van der Waals surface area contributed by atoms with Gasteiger partial charge >= 0.3 is 0 Å². The zero-order chi connectivity index (χ0) is 15.4. The molecule has 9 heteroatoms. The van der Waals surface area contributed by atoms with E-state index in [1.54, 1.807) is 13.8 Å². The average Bonchev–Trinajstić information content (AvgIpc) is 2.34. The largest absolute Gasteiger partial charge is 0.488 e. The normalized spacial score (nSPS) is 12.1. The highest BCUT2D eigenvalue weighted by Crippen LogP contribution is 2.16. The molecule has 1 rings (SSSR count). The molecule has 0 fully saturated rings. The third kappa shape index (κ3) is 7.56. The number of alkyl halides is 2. The van der Waals surface area contributed by atoms with E-state index in [2.05, 4.69) is 4.72 Å². The fourth-order valence-corrected chi connectivity index (χ4v) is 2.46. The first kappa shape index (κ1) is 20.0. The molecular formula is C12H19ClF2N2O3S. The van der Waals surface area contributed by atoms with Gasteiger partial charge in [0.15, 0.2) is 0 Å². The summed E-state index contributed by atoms with van der Waals surface area (Å²) in [6.45, 7) is 2.73. The molecule has 0 aliphatic rings. The monoisotopic (exact) mass is 344 g/mol. The minimum absolute atomic E-state index is 0. The molecule has 0 radical (unpaired) electrons. The average molecular weight is 345 g/mol. The van der Waals surface area contributed by atoms with Gasteiger partial charge in [-0.2, -0.15) is 0 Å². The van der Waals surface area contributed by atoms with Gasteiger partial charge in [-0.1, -0.05) is 0 Å². The zero-order valence-electron chi connectivity index (χ0n) is 11.7. The van der Waals surface area contributed by atoms with Gasteiger partial charge in [-0.15, -0.1) is 12.4 Å². The van der Waals surface area contributed by atoms with Crippen LogP contribution in [0.5, 0.6) is 5.75 Å². The SMILES string of the molecule is CC(C)(N)CNS(=O)(=O)c1ccc(OCC(F)F)cc1.Cl. The van der Waals surface area contributed by atoms with E-state index in [0.29, 0.717) is 0 Å². The minimum atomic E-state index is -3.68. The summed E-state index contributed by atoms with van der Waals surface area (Å²) in [5.74, 6) is 0.184. The lowest BCUT2D eigenvalue weighted by Gasteiger charge is -2.19. The van der Waals surface area contributed by atoms with Crippen molar-refractivity contribution >= 4 is 22.4 Å². The summed E-state index contributed by atoms with van der Waals surface area (Å²) in [5, 5.41) is 0. The number of hydrogen-bond donors (Lipinski definition) is 2. The van der Waals surface area contributed by atoms with E-state index in [-0.39, 0.29) is 29.6 Å². The molecule has 0 saturated heterocycles. The van der Waals surface area contributed by atoms with E-state index < -0.39 is 28.6 Å². The van der Waals surface area contributed by atoms with Gasteiger partial charge in [-0.3, -0.25) is 0 Å². The van der Waals surface area contributed by atoms with Gasteiger partial charge in [-0.05, 0) is 38.1 Å². The van der Waals surface area contributed by atoms with E-state index in [0.717, 1.165) is 0 Å². The summed E-state index contributed by atoms with van der Waals surface area (Å²) in [6, 6.07) is 5.22. The molecule has 5 nitrogen and oxygen atoms in total. The molecule has 0 aromatic heterocycles. The molecule has 0 heterocycles. The zero-order valence-corrected chi connectivity index (χ0v) is 13.3. The minimum Gasteiger partial charge on any atom is -0.488 e. The second-order valence-corrected chi connectivity index (χ2v) is 6.75. The van der Waals surface area contributed by atoms with Gasteiger partial charge in [0.05, 0.1) is 4.90 Å². The highest BCUT2D eigenvalue weighted by molar-refractivity contribution is 7.89. The lowest BCUT2D eigenvalue weighted by Crippen LogP contribution is -2.45. The number of benzene rings is 1. The van der Waals surface area contributed by atoms with Gasteiger partial charge in [0, 0.05) is 12.1 Å². The smallest absolute Gasteiger partial charge is 0.272 e. The van der Waals surface area contributed by atoms with Crippen molar-refractivity contribution in [1.82, 2.24) is 4.72 Å². The summed E-state index contributed by atoms with van der Waals surface area (Å²) in [4.78, 5) is 0.0196. The Bertz CT molecular complexity index is 530. The second-order valence-electron chi connectivity index (χ2n) is 4.99. The number of nitrogens with one attached hydrogen (secondary N) is 1. The molecule has 0 saturated carbocycles. The van der Waals surface area contributed by atoms with Crippen LogP contribution in [-0.4, -0.2) is 33.5 Å². The Morgan fingerprint density at radius 1 is 1.29 bits per heavy atom. The van der Waals surface area contributed by atoms with Crippen LogP contribution in [0.2, 0.25) is 0 Å².